The quantitative estimate of drug-likeness (QED) is 0.0772. The number of hydrogen-bond acceptors (Lipinski definition) is 7. The number of aromatic hydroxyl groups is 1. The Hall–Kier alpha value is -4.53. The van der Waals surface area contributed by atoms with Crippen LogP contribution in [0.2, 0.25) is 0 Å². The zero-order valence-electron chi connectivity index (χ0n) is 31.6. The zero-order valence-corrected chi connectivity index (χ0v) is 31.6. The number of esters is 1. The Balaban J connectivity index is 0.000000407. The molecule has 0 radical (unpaired) electrons. The lowest BCUT2D eigenvalue weighted by molar-refractivity contribution is 0.0495. The van der Waals surface area contributed by atoms with Gasteiger partial charge in [-0.3, -0.25) is 0 Å². The molecule has 0 aromatic heterocycles. The van der Waals surface area contributed by atoms with Gasteiger partial charge in [0.2, 0.25) is 0 Å². The highest BCUT2D eigenvalue weighted by Crippen LogP contribution is 2.24. The lowest BCUT2D eigenvalue weighted by atomic mass is 10.1. The molecule has 0 spiro atoms. The lowest BCUT2D eigenvalue weighted by Gasteiger charge is -2.12. The van der Waals surface area contributed by atoms with E-state index >= 15 is 0 Å². The topological polar surface area (TPSA) is 140 Å². The first-order valence-electron chi connectivity index (χ1n) is 18.4. The van der Waals surface area contributed by atoms with Gasteiger partial charge in [-0.25, -0.2) is 14.4 Å². The summed E-state index contributed by atoms with van der Waals surface area (Å²) < 4.78 is 16.8. The highest BCUT2D eigenvalue weighted by atomic mass is 16.5. The first-order valence-corrected chi connectivity index (χ1v) is 18.4. The molecule has 9 heteroatoms. The van der Waals surface area contributed by atoms with Gasteiger partial charge in [0.15, 0.2) is 0 Å². The summed E-state index contributed by atoms with van der Waals surface area (Å²) in [4.78, 5) is 33.6. The first kappa shape index (κ1) is 44.5. The number of carboxylic acid groups (broad SMARTS) is 2. The molecular weight excluding hydrogens is 648 g/mol. The molecule has 3 aromatic carbocycles. The van der Waals surface area contributed by atoms with Crippen molar-refractivity contribution in [3.63, 3.8) is 0 Å². The third-order valence-electron chi connectivity index (χ3n) is 8.30. The molecule has 0 saturated heterocycles. The Bertz CT molecular complexity index is 1460. The largest absolute Gasteiger partial charge is 0.508 e. The molecule has 9 nitrogen and oxygen atoms in total. The Morgan fingerprint density at radius 2 is 0.902 bits per heavy atom. The van der Waals surface area contributed by atoms with Crippen molar-refractivity contribution in [1.82, 2.24) is 0 Å². The van der Waals surface area contributed by atoms with E-state index in [1.54, 1.807) is 26.0 Å². The van der Waals surface area contributed by atoms with Gasteiger partial charge in [-0.15, -0.1) is 0 Å². The van der Waals surface area contributed by atoms with E-state index in [1.807, 2.05) is 31.2 Å². The van der Waals surface area contributed by atoms with E-state index in [1.165, 1.54) is 63.1 Å². The molecule has 0 bridgehead atoms. The van der Waals surface area contributed by atoms with Crippen LogP contribution >= 0.6 is 0 Å². The molecule has 0 aliphatic rings. The van der Waals surface area contributed by atoms with Crippen molar-refractivity contribution < 1.29 is 43.9 Å². The second-order valence-electron chi connectivity index (χ2n) is 12.4. The predicted molar refractivity (Wildman–Crippen MR) is 203 cm³/mol. The summed E-state index contributed by atoms with van der Waals surface area (Å²) >= 11 is 0. The number of ether oxygens (including phenoxy) is 3. The third kappa shape index (κ3) is 17.3. The van der Waals surface area contributed by atoms with E-state index in [0.717, 1.165) is 43.4 Å². The van der Waals surface area contributed by atoms with Crippen LogP contribution in [0.1, 0.15) is 146 Å². The molecule has 0 amide bonds. The number of phenols is 1. The van der Waals surface area contributed by atoms with Gasteiger partial charge in [-0.1, -0.05) is 96.8 Å². The maximum atomic E-state index is 12.2. The molecule has 282 valence electrons. The summed E-state index contributed by atoms with van der Waals surface area (Å²) in [5, 5.41) is 26.6. The molecule has 0 aliphatic carbocycles. The van der Waals surface area contributed by atoms with Crippen LogP contribution in [0.25, 0.3) is 0 Å². The number of unbranched alkanes of at least 4 members (excludes halogenated alkanes) is 9. The fourth-order valence-electron chi connectivity index (χ4n) is 5.04. The number of phenolic OH excluding ortho intramolecular Hbond substituents is 1. The van der Waals surface area contributed by atoms with E-state index in [4.69, 9.17) is 29.5 Å². The van der Waals surface area contributed by atoms with Crippen LogP contribution in [0.5, 0.6) is 17.2 Å². The molecule has 0 unspecified atom stereocenters. The minimum atomic E-state index is -1.02. The molecular formula is C42H60O9. The number of rotatable bonds is 20. The summed E-state index contributed by atoms with van der Waals surface area (Å²) in [5.74, 6) is -0.666. The zero-order chi connectivity index (χ0) is 38.0. The summed E-state index contributed by atoms with van der Waals surface area (Å²) in [6, 6.07) is 15.2. The van der Waals surface area contributed by atoms with Crippen LogP contribution in [0.4, 0.5) is 0 Å². The van der Waals surface area contributed by atoms with Crippen LogP contribution in [0.3, 0.4) is 0 Å². The van der Waals surface area contributed by atoms with Gasteiger partial charge in [0.25, 0.3) is 0 Å². The fraction of sp³-hybridized carbons (Fsp3) is 0.500. The van der Waals surface area contributed by atoms with Crippen LogP contribution in [0, 0.1) is 20.8 Å². The van der Waals surface area contributed by atoms with Crippen molar-refractivity contribution in [3.05, 3.63) is 88.0 Å². The van der Waals surface area contributed by atoms with E-state index in [0.29, 0.717) is 47.8 Å². The van der Waals surface area contributed by atoms with Gasteiger partial charge in [0, 0.05) is 16.7 Å². The minimum absolute atomic E-state index is 0.0184. The molecule has 0 aliphatic heterocycles. The predicted octanol–water partition coefficient (Wildman–Crippen LogP) is 10.7. The molecule has 0 atom stereocenters. The van der Waals surface area contributed by atoms with E-state index in [-0.39, 0.29) is 17.3 Å². The molecule has 0 saturated carbocycles. The van der Waals surface area contributed by atoms with Gasteiger partial charge in [-0.2, -0.15) is 0 Å². The first-order chi connectivity index (χ1) is 24.5. The Labute approximate surface area is 305 Å². The average Bonchev–Trinajstić information content (AvgIpc) is 3.10. The number of aromatic carboxylic acids is 2. The van der Waals surface area contributed by atoms with Crippen molar-refractivity contribution in [2.75, 3.05) is 19.8 Å². The summed E-state index contributed by atoms with van der Waals surface area (Å²) in [6.07, 6.45) is 13.7. The second kappa shape index (κ2) is 26.3. The summed E-state index contributed by atoms with van der Waals surface area (Å²) in [7, 11) is 0. The smallest absolute Gasteiger partial charge is 0.338 e. The van der Waals surface area contributed by atoms with E-state index in [9.17, 15) is 14.4 Å². The Kier molecular flexibility index (Phi) is 22.9. The SMILES string of the molecule is CCCCCCOC(=O)c1cccc(OCCCCCC)c1C.CCCCCCOc1cccc(C(=O)O)c1C.Cc1c(O)cccc1C(=O)O. The van der Waals surface area contributed by atoms with E-state index in [2.05, 4.69) is 20.8 Å². The number of hydrogen-bond donors (Lipinski definition) is 3. The van der Waals surface area contributed by atoms with Crippen LogP contribution in [-0.4, -0.2) is 53.0 Å². The van der Waals surface area contributed by atoms with Crippen molar-refractivity contribution in [2.24, 2.45) is 0 Å². The number of carbonyl (C=O) groups excluding carboxylic acids is 1. The molecule has 0 fully saturated rings. The minimum Gasteiger partial charge on any atom is -0.508 e. The van der Waals surface area contributed by atoms with Gasteiger partial charge >= 0.3 is 17.9 Å². The molecule has 3 aromatic rings. The van der Waals surface area contributed by atoms with Crippen molar-refractivity contribution in [3.8, 4) is 17.2 Å². The maximum Gasteiger partial charge on any atom is 0.338 e. The van der Waals surface area contributed by atoms with Gasteiger partial charge < -0.3 is 29.5 Å². The van der Waals surface area contributed by atoms with E-state index < -0.39 is 11.9 Å². The van der Waals surface area contributed by atoms with Crippen molar-refractivity contribution in [2.45, 2.75) is 119 Å². The van der Waals surface area contributed by atoms with Gasteiger partial charge in [0.1, 0.15) is 17.2 Å². The average molecular weight is 709 g/mol. The lowest BCUT2D eigenvalue weighted by Crippen LogP contribution is -2.09. The number of carboxylic acids is 2. The highest BCUT2D eigenvalue weighted by molar-refractivity contribution is 5.92. The van der Waals surface area contributed by atoms with Gasteiger partial charge in [0.05, 0.1) is 36.5 Å². The van der Waals surface area contributed by atoms with Crippen LogP contribution in [0.15, 0.2) is 54.6 Å². The molecule has 51 heavy (non-hydrogen) atoms. The molecule has 0 heterocycles. The molecule has 3 rings (SSSR count). The number of carbonyl (C=O) groups is 3. The normalized spacial score (nSPS) is 10.2. The van der Waals surface area contributed by atoms with Gasteiger partial charge in [-0.05, 0) is 76.4 Å². The Morgan fingerprint density at radius 1 is 0.510 bits per heavy atom. The standard InChI is InChI=1S/C20H32O3.C14H20O3.C8H8O3/c1-4-6-8-10-15-22-19-14-12-13-18(17(19)3)20(21)23-16-11-9-7-5-2;1-3-4-5-6-10-17-13-9-7-8-12(11(13)2)14(15)16;1-5-6(8(10)11)3-2-4-7(5)9/h12-14H,4-11,15-16H2,1-3H3;7-9H,3-6,10H2,1-2H3,(H,15,16);2-4,9H,1H3,(H,10,11). The van der Waals surface area contributed by atoms with Crippen LogP contribution < -0.4 is 9.47 Å². The second-order valence-corrected chi connectivity index (χ2v) is 12.4. The van der Waals surface area contributed by atoms with Crippen LogP contribution in [-0.2, 0) is 4.74 Å². The fourth-order valence-corrected chi connectivity index (χ4v) is 5.04. The summed E-state index contributed by atoms with van der Waals surface area (Å²) in [6.45, 7) is 13.7. The number of benzene rings is 3. The maximum absolute atomic E-state index is 12.2. The highest BCUT2D eigenvalue weighted by Gasteiger charge is 2.14. The third-order valence-corrected chi connectivity index (χ3v) is 8.30. The van der Waals surface area contributed by atoms with Crippen molar-refractivity contribution in [1.29, 1.82) is 0 Å². The summed E-state index contributed by atoms with van der Waals surface area (Å²) in [5.41, 5.74) is 3.06. The Morgan fingerprint density at radius 3 is 1.33 bits per heavy atom. The molecule has 3 N–H and O–H groups in total. The monoisotopic (exact) mass is 708 g/mol. The van der Waals surface area contributed by atoms with Crippen molar-refractivity contribution >= 4 is 17.9 Å².